The van der Waals surface area contributed by atoms with Crippen molar-refractivity contribution in [1.29, 1.82) is 0 Å². The molecule has 0 saturated carbocycles. The minimum Gasteiger partial charge on any atom is -0.444 e. The number of imidazole rings is 1. The molecule has 3 rings (SSSR count). The molecule has 30 heavy (non-hydrogen) atoms. The Bertz CT molecular complexity index is 1010. The van der Waals surface area contributed by atoms with E-state index in [-0.39, 0.29) is 11.9 Å². The predicted molar refractivity (Wildman–Crippen MR) is 115 cm³/mol. The maximum absolute atomic E-state index is 12.5. The van der Waals surface area contributed by atoms with Crippen LogP contribution in [0.2, 0.25) is 0 Å². The Hall–Kier alpha value is -2.84. The number of rotatable bonds is 4. The Morgan fingerprint density at radius 1 is 1.33 bits per heavy atom. The Kier molecular flexibility index (Phi) is 6.19. The number of alkyl carbamates (subject to hydrolysis) is 1. The zero-order valence-electron chi connectivity index (χ0n) is 18.6. The molecule has 0 bridgehead atoms. The smallest absolute Gasteiger partial charge is 0.407 e. The van der Waals surface area contributed by atoms with Gasteiger partial charge in [-0.25, -0.2) is 9.59 Å². The molecule has 1 aliphatic rings. The highest BCUT2D eigenvalue weighted by Gasteiger charge is 2.28. The van der Waals surface area contributed by atoms with Gasteiger partial charge in [0, 0.05) is 32.6 Å². The van der Waals surface area contributed by atoms with E-state index >= 15 is 0 Å². The molecule has 1 fully saturated rings. The first kappa shape index (κ1) is 21.9. The van der Waals surface area contributed by atoms with Gasteiger partial charge in [-0.3, -0.25) is 4.57 Å². The summed E-state index contributed by atoms with van der Waals surface area (Å²) in [4.78, 5) is 35.8. The van der Waals surface area contributed by atoms with E-state index in [4.69, 9.17) is 9.15 Å². The number of nitrogens with zero attached hydrogens (tertiary/aromatic N) is 4. The normalized spacial score (nSPS) is 17.1. The molecule has 0 spiro atoms. The van der Waals surface area contributed by atoms with Crippen molar-refractivity contribution in [1.82, 2.24) is 19.9 Å². The van der Waals surface area contributed by atoms with Gasteiger partial charge in [0.25, 0.3) is 0 Å². The number of ether oxygens (including phenoxy) is 1. The van der Waals surface area contributed by atoms with Crippen LogP contribution in [0.25, 0.3) is 11.2 Å². The summed E-state index contributed by atoms with van der Waals surface area (Å²) in [6.07, 6.45) is 3.34. The maximum Gasteiger partial charge on any atom is 0.407 e. The summed E-state index contributed by atoms with van der Waals surface area (Å²) in [7, 11) is 0. The average Bonchev–Trinajstić information content (AvgIpc) is 2.97. The number of carbonyl (C=O) groups excluding carboxylic acids is 1. The molecule has 1 N–H and O–H groups in total. The molecule has 9 nitrogen and oxygen atoms in total. The Morgan fingerprint density at radius 3 is 2.73 bits per heavy atom. The first-order valence-electron chi connectivity index (χ1n) is 10.3. The molecule has 0 aromatic carbocycles. The maximum atomic E-state index is 12.5. The molecular formula is C21H31N5O4. The zero-order chi connectivity index (χ0) is 22.1. The van der Waals surface area contributed by atoms with Crippen molar-refractivity contribution in [3.63, 3.8) is 0 Å². The molecule has 0 radical (unpaired) electrons. The van der Waals surface area contributed by atoms with Gasteiger partial charge in [0.15, 0.2) is 17.1 Å². The second-order valence-electron chi connectivity index (χ2n) is 8.93. The number of nitrogens with one attached hydrogen (secondary N) is 1. The number of fused-ring (bicyclic) bond motifs is 1. The average molecular weight is 418 g/mol. The number of allylic oxidation sites excluding steroid dienone is 2. The molecule has 3 heterocycles. The molecule has 9 heteroatoms. The third-order valence-electron chi connectivity index (χ3n) is 4.73. The van der Waals surface area contributed by atoms with Crippen LogP contribution >= 0.6 is 0 Å². The standard InChI is InChI=1S/C21H31N5O4/c1-13(2)9-11-26-16-17(22-14(3)29-18(16)27)24-19(26)25-10-7-8-15(12-25)23-20(28)30-21(4,5)6/h9,15H,7-8,10-12H2,1-6H3,(H,23,28). The molecule has 2 aromatic heterocycles. The lowest BCUT2D eigenvalue weighted by molar-refractivity contribution is 0.0500. The number of carbonyl (C=O) groups is 1. The van der Waals surface area contributed by atoms with Gasteiger partial charge in [-0.1, -0.05) is 11.6 Å². The number of amides is 1. The van der Waals surface area contributed by atoms with Crippen LogP contribution in [-0.4, -0.2) is 45.4 Å². The monoisotopic (exact) mass is 417 g/mol. The number of anilines is 1. The van der Waals surface area contributed by atoms with Crippen molar-refractivity contribution in [2.75, 3.05) is 18.0 Å². The van der Waals surface area contributed by atoms with Crippen molar-refractivity contribution in [2.45, 2.75) is 72.6 Å². The fourth-order valence-electron chi connectivity index (χ4n) is 3.50. The SMILES string of the molecule is CC(C)=CCn1c(N2CCCC(NC(=O)OC(C)(C)C)C2)nc2nc(C)oc(=O)c21. The third kappa shape index (κ3) is 5.20. The minimum absolute atomic E-state index is 0.0728. The fourth-order valence-corrected chi connectivity index (χ4v) is 3.50. The molecule has 1 unspecified atom stereocenters. The van der Waals surface area contributed by atoms with Crippen LogP contribution in [0.4, 0.5) is 10.7 Å². The highest BCUT2D eigenvalue weighted by molar-refractivity contribution is 5.74. The van der Waals surface area contributed by atoms with Crippen LogP contribution in [0.15, 0.2) is 20.9 Å². The molecule has 1 aliphatic heterocycles. The van der Waals surface area contributed by atoms with E-state index < -0.39 is 17.3 Å². The van der Waals surface area contributed by atoms with Gasteiger partial charge in [-0.2, -0.15) is 9.97 Å². The van der Waals surface area contributed by atoms with Gasteiger partial charge in [0.2, 0.25) is 5.95 Å². The lowest BCUT2D eigenvalue weighted by Gasteiger charge is -2.34. The number of aromatic nitrogens is 3. The molecule has 1 amide bonds. The fraction of sp³-hybridized carbons (Fsp3) is 0.619. The van der Waals surface area contributed by atoms with Gasteiger partial charge in [-0.15, -0.1) is 0 Å². The summed E-state index contributed by atoms with van der Waals surface area (Å²) in [6.45, 7) is 13.0. The number of aryl methyl sites for hydroxylation is 1. The quantitative estimate of drug-likeness (QED) is 0.762. The summed E-state index contributed by atoms with van der Waals surface area (Å²) in [5.41, 5.74) is 0.876. The topological polar surface area (TPSA) is 102 Å². The summed E-state index contributed by atoms with van der Waals surface area (Å²) in [5, 5.41) is 2.95. The molecule has 1 atom stereocenters. The summed E-state index contributed by atoms with van der Waals surface area (Å²) < 4.78 is 12.4. The predicted octanol–water partition coefficient (Wildman–Crippen LogP) is 3.15. The second-order valence-corrected chi connectivity index (χ2v) is 8.93. The number of piperidine rings is 1. The molecule has 2 aromatic rings. The molecule has 0 aliphatic carbocycles. The Labute approximate surface area is 176 Å². The van der Waals surface area contributed by atoms with E-state index in [0.29, 0.717) is 30.2 Å². The number of hydrogen-bond donors (Lipinski definition) is 1. The van der Waals surface area contributed by atoms with E-state index in [1.807, 2.05) is 45.3 Å². The Morgan fingerprint density at radius 2 is 2.07 bits per heavy atom. The third-order valence-corrected chi connectivity index (χ3v) is 4.73. The lowest BCUT2D eigenvalue weighted by Crippen LogP contribution is -2.49. The van der Waals surface area contributed by atoms with Gasteiger partial charge >= 0.3 is 11.7 Å². The van der Waals surface area contributed by atoms with E-state index in [1.54, 1.807) is 6.92 Å². The molecule has 1 saturated heterocycles. The second kappa shape index (κ2) is 8.49. The van der Waals surface area contributed by atoms with E-state index in [2.05, 4.69) is 20.2 Å². The highest BCUT2D eigenvalue weighted by Crippen LogP contribution is 2.24. The minimum atomic E-state index is -0.547. The lowest BCUT2D eigenvalue weighted by atomic mass is 10.1. The first-order chi connectivity index (χ1) is 14.0. The van der Waals surface area contributed by atoms with E-state index in [1.165, 1.54) is 0 Å². The summed E-state index contributed by atoms with van der Waals surface area (Å²) in [6, 6.07) is -0.0728. The van der Waals surface area contributed by atoms with Crippen LogP contribution in [0.1, 0.15) is 53.4 Å². The molecule has 164 valence electrons. The van der Waals surface area contributed by atoms with Crippen molar-refractivity contribution in [3.8, 4) is 0 Å². The van der Waals surface area contributed by atoms with Crippen molar-refractivity contribution in [2.24, 2.45) is 0 Å². The zero-order valence-corrected chi connectivity index (χ0v) is 18.6. The largest absolute Gasteiger partial charge is 0.444 e. The van der Waals surface area contributed by atoms with E-state index in [0.717, 1.165) is 25.0 Å². The van der Waals surface area contributed by atoms with Crippen LogP contribution in [0.3, 0.4) is 0 Å². The Balaban J connectivity index is 1.90. The van der Waals surface area contributed by atoms with Crippen LogP contribution in [0, 0.1) is 6.92 Å². The summed E-state index contributed by atoms with van der Waals surface area (Å²) in [5.74, 6) is 0.942. The van der Waals surface area contributed by atoms with Crippen molar-refractivity contribution >= 4 is 23.2 Å². The molecular weight excluding hydrogens is 386 g/mol. The van der Waals surface area contributed by atoms with E-state index in [9.17, 15) is 9.59 Å². The van der Waals surface area contributed by atoms with Gasteiger partial charge in [0.1, 0.15) is 5.60 Å². The van der Waals surface area contributed by atoms with Gasteiger partial charge in [-0.05, 0) is 47.5 Å². The first-order valence-corrected chi connectivity index (χ1v) is 10.3. The summed E-state index contributed by atoms with van der Waals surface area (Å²) >= 11 is 0. The van der Waals surface area contributed by atoms with Crippen LogP contribution in [0.5, 0.6) is 0 Å². The van der Waals surface area contributed by atoms with Crippen molar-refractivity contribution in [3.05, 3.63) is 28.0 Å². The van der Waals surface area contributed by atoms with Crippen LogP contribution in [-0.2, 0) is 11.3 Å². The van der Waals surface area contributed by atoms with Crippen LogP contribution < -0.4 is 15.8 Å². The highest BCUT2D eigenvalue weighted by atomic mass is 16.6. The van der Waals surface area contributed by atoms with Crippen molar-refractivity contribution < 1.29 is 13.9 Å². The number of hydrogen-bond acceptors (Lipinski definition) is 7. The van der Waals surface area contributed by atoms with Gasteiger partial charge < -0.3 is 19.4 Å². The van der Waals surface area contributed by atoms with Gasteiger partial charge in [0.05, 0.1) is 0 Å².